The maximum Gasteiger partial charge on any atom is 0.160 e. The van der Waals surface area contributed by atoms with Gasteiger partial charge in [0.25, 0.3) is 0 Å². The van der Waals surface area contributed by atoms with Crippen LogP contribution in [0.15, 0.2) is 0 Å². The van der Waals surface area contributed by atoms with Gasteiger partial charge < -0.3 is 14.8 Å². The summed E-state index contributed by atoms with van der Waals surface area (Å²) < 4.78 is 11.6. The van der Waals surface area contributed by atoms with Crippen LogP contribution in [-0.4, -0.2) is 32.6 Å². The normalized spacial score (nSPS) is 30.4. The van der Waals surface area contributed by atoms with Crippen LogP contribution in [-0.2, 0) is 9.47 Å². The van der Waals surface area contributed by atoms with Crippen molar-refractivity contribution in [1.29, 1.82) is 0 Å². The van der Waals surface area contributed by atoms with Crippen molar-refractivity contribution in [2.75, 3.05) is 26.3 Å². The fourth-order valence-electron chi connectivity index (χ4n) is 2.09. The summed E-state index contributed by atoms with van der Waals surface area (Å²) in [4.78, 5) is 0. The van der Waals surface area contributed by atoms with Gasteiger partial charge in [-0.25, -0.2) is 0 Å². The third kappa shape index (κ3) is 2.47. The molecule has 3 nitrogen and oxygen atoms in total. The number of ether oxygens (including phenoxy) is 2. The van der Waals surface area contributed by atoms with Crippen molar-refractivity contribution in [3.05, 3.63) is 0 Å². The molecule has 2 fully saturated rings. The molecule has 0 saturated carbocycles. The van der Waals surface area contributed by atoms with E-state index in [2.05, 4.69) is 19.2 Å². The summed E-state index contributed by atoms with van der Waals surface area (Å²) in [6.07, 6.45) is 2.43. The van der Waals surface area contributed by atoms with Gasteiger partial charge in [0, 0.05) is 11.3 Å². The largest absolute Gasteiger partial charge is 0.352 e. The predicted octanol–water partition coefficient (Wildman–Crippen LogP) is 1.39. The molecule has 0 aromatic heterocycles. The smallest absolute Gasteiger partial charge is 0.160 e. The molecule has 1 N–H and O–H groups in total. The molecule has 14 heavy (non-hydrogen) atoms. The van der Waals surface area contributed by atoms with Gasteiger partial charge in [0.2, 0.25) is 0 Å². The van der Waals surface area contributed by atoms with Gasteiger partial charge in [0.05, 0.1) is 13.2 Å². The highest BCUT2D eigenvalue weighted by Crippen LogP contribution is 2.29. The number of nitrogens with one attached hydrogen (secondary N) is 1. The molecule has 0 atom stereocenters. The molecule has 0 bridgehead atoms. The lowest BCUT2D eigenvalue weighted by Crippen LogP contribution is -2.44. The number of hydrogen-bond acceptors (Lipinski definition) is 3. The lowest BCUT2D eigenvalue weighted by atomic mass is 9.93. The second kappa shape index (κ2) is 4.17. The van der Waals surface area contributed by atoms with Crippen LogP contribution >= 0.6 is 0 Å². The van der Waals surface area contributed by atoms with Gasteiger partial charge in [0.15, 0.2) is 6.29 Å². The minimum absolute atomic E-state index is 0.0603. The average molecular weight is 199 g/mol. The number of hydrogen-bond donors (Lipinski definition) is 1. The highest BCUT2D eigenvalue weighted by atomic mass is 16.7. The molecular weight excluding hydrogens is 178 g/mol. The van der Waals surface area contributed by atoms with Crippen LogP contribution in [0, 0.1) is 11.3 Å². The Hall–Kier alpha value is -0.120. The fraction of sp³-hybridized carbons (Fsp3) is 1.00. The topological polar surface area (TPSA) is 30.5 Å². The van der Waals surface area contributed by atoms with Crippen molar-refractivity contribution in [2.24, 2.45) is 11.3 Å². The minimum atomic E-state index is 0.0603. The molecule has 0 unspecified atom stereocenters. The molecule has 2 saturated heterocycles. The lowest BCUT2D eigenvalue weighted by molar-refractivity contribution is -0.245. The monoisotopic (exact) mass is 199 g/mol. The first-order valence-corrected chi connectivity index (χ1v) is 5.61. The SMILES string of the molecule is CC1(C)COC(C2CCNCC2)OC1. The Balaban J connectivity index is 1.82. The molecule has 0 aliphatic carbocycles. The minimum Gasteiger partial charge on any atom is -0.352 e. The molecule has 0 spiro atoms. The van der Waals surface area contributed by atoms with Crippen molar-refractivity contribution in [3.63, 3.8) is 0 Å². The molecule has 82 valence electrons. The quantitative estimate of drug-likeness (QED) is 0.692. The van der Waals surface area contributed by atoms with Crippen LogP contribution in [0.2, 0.25) is 0 Å². The van der Waals surface area contributed by atoms with Gasteiger partial charge in [-0.3, -0.25) is 0 Å². The van der Waals surface area contributed by atoms with Gasteiger partial charge in [-0.15, -0.1) is 0 Å². The summed E-state index contributed by atoms with van der Waals surface area (Å²) in [5.74, 6) is 0.604. The van der Waals surface area contributed by atoms with Crippen LogP contribution in [0.3, 0.4) is 0 Å². The summed E-state index contributed by atoms with van der Waals surface area (Å²) in [7, 11) is 0. The van der Waals surface area contributed by atoms with E-state index < -0.39 is 0 Å². The van der Waals surface area contributed by atoms with E-state index in [1.54, 1.807) is 0 Å². The van der Waals surface area contributed by atoms with Crippen molar-refractivity contribution < 1.29 is 9.47 Å². The van der Waals surface area contributed by atoms with E-state index in [9.17, 15) is 0 Å². The first kappa shape index (κ1) is 10.4. The Morgan fingerprint density at radius 3 is 2.21 bits per heavy atom. The van der Waals surface area contributed by atoms with Crippen LogP contribution < -0.4 is 5.32 Å². The Bertz CT molecular complexity index is 178. The molecular formula is C11H21NO2. The summed E-state index contributed by atoms with van der Waals surface area (Å²) in [6.45, 7) is 8.26. The highest BCUT2D eigenvalue weighted by Gasteiger charge is 2.33. The maximum atomic E-state index is 5.78. The number of rotatable bonds is 1. The van der Waals surface area contributed by atoms with E-state index in [4.69, 9.17) is 9.47 Å². The maximum absolute atomic E-state index is 5.78. The fourth-order valence-corrected chi connectivity index (χ4v) is 2.09. The molecule has 2 heterocycles. The zero-order valence-electron chi connectivity index (χ0n) is 9.21. The van der Waals surface area contributed by atoms with Crippen molar-refractivity contribution in [1.82, 2.24) is 5.32 Å². The Kier molecular flexibility index (Phi) is 3.10. The first-order valence-electron chi connectivity index (χ1n) is 5.61. The average Bonchev–Trinajstić information content (AvgIpc) is 2.19. The van der Waals surface area contributed by atoms with E-state index in [1.165, 1.54) is 12.8 Å². The summed E-state index contributed by atoms with van der Waals surface area (Å²) >= 11 is 0. The summed E-state index contributed by atoms with van der Waals surface area (Å²) in [6, 6.07) is 0. The lowest BCUT2D eigenvalue weighted by Gasteiger charge is -2.39. The van der Waals surface area contributed by atoms with Crippen LogP contribution in [0.25, 0.3) is 0 Å². The highest BCUT2D eigenvalue weighted by molar-refractivity contribution is 4.77. The molecule has 0 radical (unpaired) electrons. The molecule has 2 aliphatic heterocycles. The third-order valence-electron chi connectivity index (χ3n) is 3.05. The van der Waals surface area contributed by atoms with Gasteiger partial charge in [0.1, 0.15) is 0 Å². The Morgan fingerprint density at radius 1 is 1.07 bits per heavy atom. The van der Waals surface area contributed by atoms with E-state index in [-0.39, 0.29) is 11.7 Å². The van der Waals surface area contributed by atoms with Crippen LogP contribution in [0.4, 0.5) is 0 Å². The van der Waals surface area contributed by atoms with E-state index in [1.807, 2.05) is 0 Å². The zero-order valence-corrected chi connectivity index (χ0v) is 9.21. The van der Waals surface area contributed by atoms with Gasteiger partial charge in [-0.2, -0.15) is 0 Å². The van der Waals surface area contributed by atoms with Gasteiger partial charge in [-0.05, 0) is 25.9 Å². The van der Waals surface area contributed by atoms with E-state index in [0.717, 1.165) is 26.3 Å². The third-order valence-corrected chi connectivity index (χ3v) is 3.05. The van der Waals surface area contributed by atoms with E-state index in [0.29, 0.717) is 5.92 Å². The zero-order chi connectivity index (χ0) is 10.0. The molecule has 0 aromatic rings. The second-order valence-corrected chi connectivity index (χ2v) is 5.24. The van der Waals surface area contributed by atoms with Gasteiger partial charge in [-0.1, -0.05) is 13.8 Å². The second-order valence-electron chi connectivity index (χ2n) is 5.24. The Morgan fingerprint density at radius 2 is 1.64 bits per heavy atom. The summed E-state index contributed by atoms with van der Waals surface area (Å²) in [5.41, 5.74) is 0.198. The first-order chi connectivity index (χ1) is 6.67. The number of piperidine rings is 1. The molecule has 2 aliphatic rings. The van der Waals surface area contributed by atoms with Crippen molar-refractivity contribution >= 4 is 0 Å². The van der Waals surface area contributed by atoms with Crippen molar-refractivity contribution in [2.45, 2.75) is 33.0 Å². The standard InChI is InChI=1S/C11H21NO2/c1-11(2)7-13-10(14-8-11)9-3-5-12-6-4-9/h9-10,12H,3-8H2,1-2H3. The van der Waals surface area contributed by atoms with Crippen molar-refractivity contribution in [3.8, 4) is 0 Å². The summed E-state index contributed by atoms with van der Waals surface area (Å²) in [5, 5.41) is 3.36. The molecule has 2 rings (SSSR count). The van der Waals surface area contributed by atoms with E-state index >= 15 is 0 Å². The molecule has 0 aromatic carbocycles. The van der Waals surface area contributed by atoms with Crippen LogP contribution in [0.1, 0.15) is 26.7 Å². The van der Waals surface area contributed by atoms with Gasteiger partial charge >= 0.3 is 0 Å². The van der Waals surface area contributed by atoms with Crippen LogP contribution in [0.5, 0.6) is 0 Å². The Labute approximate surface area is 86.2 Å². The predicted molar refractivity (Wildman–Crippen MR) is 55.1 cm³/mol. The molecule has 3 heteroatoms. The molecule has 0 amide bonds.